The van der Waals surface area contributed by atoms with Crippen molar-refractivity contribution in [3.8, 4) is 5.75 Å². The molecule has 1 aliphatic rings. The Labute approximate surface area is 187 Å². The summed E-state index contributed by atoms with van der Waals surface area (Å²) in [5.74, 6) is 0.165. The van der Waals surface area contributed by atoms with Crippen molar-refractivity contribution in [1.29, 1.82) is 0 Å². The molecule has 166 valence electrons. The molecule has 3 heterocycles. The largest absolute Gasteiger partial charge is 0.497 e. The number of hydrogen-bond acceptors (Lipinski definition) is 5. The number of nitrogens with one attached hydrogen (secondary N) is 1. The molecule has 0 unspecified atom stereocenters. The van der Waals surface area contributed by atoms with Crippen LogP contribution in [0, 0.1) is 11.7 Å². The van der Waals surface area contributed by atoms with Crippen LogP contribution in [-0.2, 0) is 6.54 Å². The summed E-state index contributed by atoms with van der Waals surface area (Å²) < 4.78 is 19.6. The molecule has 0 bridgehead atoms. The number of nitrogens with zero attached hydrogens (tertiary/aromatic N) is 3. The quantitative estimate of drug-likeness (QED) is 0.609. The fourth-order valence-electron chi connectivity index (χ4n) is 4.24. The van der Waals surface area contributed by atoms with Gasteiger partial charge in [-0.2, -0.15) is 0 Å². The molecule has 2 aromatic heterocycles. The summed E-state index contributed by atoms with van der Waals surface area (Å²) in [4.78, 5) is 23.8. The van der Waals surface area contributed by atoms with Gasteiger partial charge in [-0.3, -0.25) is 19.7 Å². The zero-order chi connectivity index (χ0) is 22.3. The maximum atomic E-state index is 14.5. The van der Waals surface area contributed by atoms with Gasteiger partial charge in [0, 0.05) is 37.1 Å². The Morgan fingerprint density at radius 1 is 1.19 bits per heavy atom. The SMILES string of the molecule is COc1ccc(CN2CCC[C@H]([C@@H](NC(=O)c3ccccn3)c3ccccn3)C2)c(F)c1. The Morgan fingerprint density at radius 3 is 2.69 bits per heavy atom. The van der Waals surface area contributed by atoms with Gasteiger partial charge in [-0.15, -0.1) is 0 Å². The van der Waals surface area contributed by atoms with E-state index >= 15 is 0 Å². The molecule has 6 nitrogen and oxygen atoms in total. The molecule has 7 heteroatoms. The van der Waals surface area contributed by atoms with E-state index in [9.17, 15) is 9.18 Å². The van der Waals surface area contributed by atoms with Crippen molar-refractivity contribution < 1.29 is 13.9 Å². The van der Waals surface area contributed by atoms with E-state index in [1.54, 1.807) is 42.7 Å². The summed E-state index contributed by atoms with van der Waals surface area (Å²) in [5, 5.41) is 3.15. The third-order valence-electron chi connectivity index (χ3n) is 5.86. The van der Waals surface area contributed by atoms with E-state index in [0.717, 1.165) is 31.6 Å². The van der Waals surface area contributed by atoms with Crippen molar-refractivity contribution in [2.45, 2.75) is 25.4 Å². The van der Waals surface area contributed by atoms with Gasteiger partial charge in [-0.25, -0.2) is 4.39 Å². The second-order valence-electron chi connectivity index (χ2n) is 8.02. The number of ether oxygens (including phenoxy) is 1. The number of hydrogen-bond donors (Lipinski definition) is 1. The van der Waals surface area contributed by atoms with Gasteiger partial charge < -0.3 is 10.1 Å². The Morgan fingerprint density at radius 2 is 2.00 bits per heavy atom. The highest BCUT2D eigenvalue weighted by Gasteiger charge is 2.31. The summed E-state index contributed by atoms with van der Waals surface area (Å²) >= 11 is 0. The number of carbonyl (C=O) groups excluding carboxylic acids is 1. The maximum Gasteiger partial charge on any atom is 0.270 e. The summed E-state index contributed by atoms with van der Waals surface area (Å²) in [6.45, 7) is 2.12. The van der Waals surface area contributed by atoms with Crippen LogP contribution in [0.1, 0.15) is 40.6 Å². The monoisotopic (exact) mass is 434 g/mol. The number of methoxy groups -OCH3 is 1. The molecule has 0 radical (unpaired) electrons. The van der Waals surface area contributed by atoms with Gasteiger partial charge in [0.15, 0.2) is 0 Å². The third kappa shape index (κ3) is 5.29. The number of carbonyl (C=O) groups is 1. The van der Waals surface area contributed by atoms with Crippen LogP contribution in [-0.4, -0.2) is 41.0 Å². The van der Waals surface area contributed by atoms with Gasteiger partial charge in [0.05, 0.1) is 18.8 Å². The average molecular weight is 435 g/mol. The van der Waals surface area contributed by atoms with Crippen LogP contribution in [0.4, 0.5) is 4.39 Å². The Kier molecular flexibility index (Phi) is 7.07. The second-order valence-corrected chi connectivity index (χ2v) is 8.02. The first kappa shape index (κ1) is 21.9. The van der Waals surface area contributed by atoms with Gasteiger partial charge >= 0.3 is 0 Å². The van der Waals surface area contributed by atoms with E-state index in [1.807, 2.05) is 18.2 Å². The lowest BCUT2D eigenvalue weighted by atomic mass is 9.88. The van der Waals surface area contributed by atoms with E-state index < -0.39 is 0 Å². The summed E-state index contributed by atoms with van der Waals surface area (Å²) in [5.41, 5.74) is 1.83. The van der Waals surface area contributed by atoms with Crippen LogP contribution in [0.2, 0.25) is 0 Å². The van der Waals surface area contributed by atoms with Crippen molar-refractivity contribution in [3.63, 3.8) is 0 Å². The van der Waals surface area contributed by atoms with Crippen LogP contribution in [0.5, 0.6) is 5.75 Å². The van der Waals surface area contributed by atoms with Crippen LogP contribution in [0.25, 0.3) is 0 Å². The van der Waals surface area contributed by atoms with Crippen LogP contribution < -0.4 is 10.1 Å². The minimum Gasteiger partial charge on any atom is -0.497 e. The smallest absolute Gasteiger partial charge is 0.270 e. The van der Waals surface area contributed by atoms with Crippen molar-refractivity contribution in [3.05, 3.63) is 89.8 Å². The molecule has 1 N–H and O–H groups in total. The molecule has 32 heavy (non-hydrogen) atoms. The molecule has 0 spiro atoms. The van der Waals surface area contributed by atoms with E-state index in [-0.39, 0.29) is 23.7 Å². The number of benzene rings is 1. The Bertz CT molecular complexity index is 1030. The number of rotatable bonds is 7. The number of aromatic nitrogens is 2. The topological polar surface area (TPSA) is 67.3 Å². The lowest BCUT2D eigenvalue weighted by molar-refractivity contribution is 0.0869. The molecule has 1 amide bonds. The number of halogens is 1. The van der Waals surface area contributed by atoms with Crippen molar-refractivity contribution in [2.24, 2.45) is 5.92 Å². The molecule has 1 aliphatic heterocycles. The van der Waals surface area contributed by atoms with Gasteiger partial charge in [0.2, 0.25) is 0 Å². The van der Waals surface area contributed by atoms with E-state index in [1.165, 1.54) is 13.2 Å². The van der Waals surface area contributed by atoms with Gasteiger partial charge in [-0.05, 0) is 55.6 Å². The predicted octanol–water partition coefficient (Wildman–Crippen LogP) is 4.01. The van der Waals surface area contributed by atoms with E-state index in [4.69, 9.17) is 4.74 Å². The number of pyridine rings is 2. The lowest BCUT2D eigenvalue weighted by Gasteiger charge is -2.37. The Hall–Kier alpha value is -3.32. The minimum absolute atomic E-state index is 0.146. The molecule has 1 fully saturated rings. The third-order valence-corrected chi connectivity index (χ3v) is 5.86. The van der Waals surface area contributed by atoms with Crippen LogP contribution in [0.3, 0.4) is 0 Å². The van der Waals surface area contributed by atoms with Gasteiger partial charge in [0.25, 0.3) is 5.91 Å². The standard InChI is InChI=1S/C25H27FN4O2/c1-32-20-11-10-18(21(26)15-20)16-30-14-6-7-19(17-30)24(22-8-2-4-12-27-22)29-25(31)23-9-3-5-13-28-23/h2-5,8-13,15,19,24H,6-7,14,16-17H2,1H3,(H,29,31)/t19-,24+/m0/s1. The molecule has 1 saturated heterocycles. The zero-order valence-corrected chi connectivity index (χ0v) is 18.1. The highest BCUT2D eigenvalue weighted by Crippen LogP contribution is 2.30. The summed E-state index contributed by atoms with van der Waals surface area (Å²) in [6, 6.07) is 15.7. The zero-order valence-electron chi connectivity index (χ0n) is 18.1. The average Bonchev–Trinajstić information content (AvgIpc) is 2.85. The Balaban J connectivity index is 1.51. The van der Waals surface area contributed by atoms with Crippen molar-refractivity contribution >= 4 is 5.91 Å². The fourth-order valence-corrected chi connectivity index (χ4v) is 4.24. The molecule has 2 atom stereocenters. The summed E-state index contributed by atoms with van der Waals surface area (Å²) in [7, 11) is 1.53. The molecular weight excluding hydrogens is 407 g/mol. The first-order chi connectivity index (χ1) is 15.6. The van der Waals surface area contributed by atoms with Crippen molar-refractivity contribution in [1.82, 2.24) is 20.2 Å². The molecule has 4 rings (SSSR count). The summed E-state index contributed by atoms with van der Waals surface area (Å²) in [6.07, 6.45) is 5.26. The number of amides is 1. The predicted molar refractivity (Wildman–Crippen MR) is 120 cm³/mol. The first-order valence-electron chi connectivity index (χ1n) is 10.8. The highest BCUT2D eigenvalue weighted by atomic mass is 19.1. The van der Waals surface area contributed by atoms with Crippen molar-refractivity contribution in [2.75, 3.05) is 20.2 Å². The lowest BCUT2D eigenvalue weighted by Crippen LogP contribution is -2.43. The molecular formula is C25H27FN4O2. The molecule has 1 aromatic carbocycles. The van der Waals surface area contributed by atoms with Gasteiger partial charge in [-0.1, -0.05) is 18.2 Å². The maximum absolute atomic E-state index is 14.5. The minimum atomic E-state index is -0.267. The first-order valence-corrected chi connectivity index (χ1v) is 10.8. The number of piperidine rings is 1. The van der Waals surface area contributed by atoms with E-state index in [0.29, 0.717) is 23.6 Å². The molecule has 0 saturated carbocycles. The number of likely N-dealkylation sites (tertiary alicyclic amines) is 1. The van der Waals surface area contributed by atoms with Crippen LogP contribution in [0.15, 0.2) is 67.0 Å². The van der Waals surface area contributed by atoms with Crippen LogP contribution >= 0.6 is 0 Å². The second kappa shape index (κ2) is 10.3. The molecule has 0 aliphatic carbocycles. The highest BCUT2D eigenvalue weighted by molar-refractivity contribution is 5.92. The fraction of sp³-hybridized carbons (Fsp3) is 0.320. The van der Waals surface area contributed by atoms with E-state index in [2.05, 4.69) is 20.2 Å². The normalized spacial score (nSPS) is 17.5. The van der Waals surface area contributed by atoms with Gasteiger partial charge in [0.1, 0.15) is 17.3 Å². The molecule has 3 aromatic rings.